The highest BCUT2D eigenvalue weighted by molar-refractivity contribution is 7.89. The van der Waals surface area contributed by atoms with E-state index in [-0.39, 0.29) is 6.10 Å². The zero-order chi connectivity index (χ0) is 14.6. The number of sulfonamides is 1. The van der Waals surface area contributed by atoms with Crippen LogP contribution >= 0.6 is 0 Å². The summed E-state index contributed by atoms with van der Waals surface area (Å²) in [6.07, 6.45) is 0.398. The Morgan fingerprint density at radius 1 is 1.15 bits per heavy atom. The Hall–Kier alpha value is -0.950. The van der Waals surface area contributed by atoms with Gasteiger partial charge in [0.1, 0.15) is 0 Å². The van der Waals surface area contributed by atoms with Gasteiger partial charge in [-0.3, -0.25) is 4.90 Å². The zero-order valence-electron chi connectivity index (χ0n) is 11.8. The molecule has 1 fully saturated rings. The van der Waals surface area contributed by atoms with Crippen LogP contribution < -0.4 is 0 Å². The van der Waals surface area contributed by atoms with Crippen LogP contribution in [0.2, 0.25) is 0 Å². The fourth-order valence-electron chi connectivity index (χ4n) is 2.32. The number of aliphatic hydroxyl groups is 1. The summed E-state index contributed by atoms with van der Waals surface area (Å²) in [7, 11) is -3.38. The number of aliphatic hydroxyl groups excluding tert-OH is 1. The van der Waals surface area contributed by atoms with Crippen molar-refractivity contribution in [1.82, 2.24) is 9.21 Å². The maximum Gasteiger partial charge on any atom is 0.243 e. The lowest BCUT2D eigenvalue weighted by Gasteiger charge is -2.34. The lowest BCUT2D eigenvalue weighted by atomic mass is 10.2. The van der Waals surface area contributed by atoms with Crippen molar-refractivity contribution in [2.75, 3.05) is 32.7 Å². The van der Waals surface area contributed by atoms with E-state index in [1.54, 1.807) is 24.3 Å². The molecule has 1 saturated heterocycles. The molecule has 5 nitrogen and oxygen atoms in total. The summed E-state index contributed by atoms with van der Waals surface area (Å²) in [6.45, 7) is 4.87. The first-order valence-corrected chi connectivity index (χ1v) is 8.43. The standard InChI is InChI=1S/C14H22N2O3S/c1-2-13(17)12-15-8-10-16(11-9-15)20(18,19)14-6-4-3-5-7-14/h3-7,13,17H,2,8-12H2,1H3. The second kappa shape index (κ2) is 6.67. The van der Waals surface area contributed by atoms with E-state index in [2.05, 4.69) is 4.90 Å². The van der Waals surface area contributed by atoms with Gasteiger partial charge in [-0.05, 0) is 18.6 Å². The quantitative estimate of drug-likeness (QED) is 0.872. The Morgan fingerprint density at radius 2 is 1.75 bits per heavy atom. The van der Waals surface area contributed by atoms with Crippen molar-refractivity contribution >= 4 is 10.0 Å². The number of nitrogens with zero attached hydrogens (tertiary/aromatic N) is 2. The summed E-state index contributed by atoms with van der Waals surface area (Å²) in [5.74, 6) is 0. The molecule has 0 aliphatic carbocycles. The summed E-state index contributed by atoms with van der Waals surface area (Å²) in [5, 5.41) is 9.64. The van der Waals surface area contributed by atoms with Crippen LogP contribution in [0.25, 0.3) is 0 Å². The summed E-state index contributed by atoms with van der Waals surface area (Å²) < 4.78 is 26.4. The van der Waals surface area contributed by atoms with Crippen molar-refractivity contribution in [3.8, 4) is 0 Å². The zero-order valence-corrected chi connectivity index (χ0v) is 12.6. The van der Waals surface area contributed by atoms with Gasteiger partial charge in [-0.2, -0.15) is 4.31 Å². The third-order valence-corrected chi connectivity index (χ3v) is 5.57. The van der Waals surface area contributed by atoms with Crippen LogP contribution in [0, 0.1) is 0 Å². The third-order valence-electron chi connectivity index (χ3n) is 3.65. The van der Waals surface area contributed by atoms with Crippen LogP contribution in [0.1, 0.15) is 13.3 Å². The number of β-amino-alcohol motifs (C(OH)–C–C–N with tert-alkyl or cyclic N) is 1. The van der Waals surface area contributed by atoms with Gasteiger partial charge in [0.25, 0.3) is 0 Å². The number of piperazine rings is 1. The van der Waals surface area contributed by atoms with Gasteiger partial charge in [0.05, 0.1) is 11.0 Å². The topological polar surface area (TPSA) is 60.9 Å². The minimum Gasteiger partial charge on any atom is -0.392 e. The maximum atomic E-state index is 12.4. The average molecular weight is 298 g/mol. The van der Waals surface area contributed by atoms with E-state index in [9.17, 15) is 13.5 Å². The van der Waals surface area contributed by atoms with Crippen LogP contribution in [-0.2, 0) is 10.0 Å². The van der Waals surface area contributed by atoms with Gasteiger partial charge in [0.2, 0.25) is 10.0 Å². The Kier molecular flexibility index (Phi) is 5.15. The molecule has 0 radical (unpaired) electrons. The minimum absolute atomic E-state index is 0.327. The van der Waals surface area contributed by atoms with E-state index in [1.807, 2.05) is 13.0 Å². The van der Waals surface area contributed by atoms with Crippen LogP contribution in [0.4, 0.5) is 0 Å². The molecule has 1 N–H and O–H groups in total. The molecule has 1 atom stereocenters. The van der Waals surface area contributed by atoms with Crippen LogP contribution in [0.3, 0.4) is 0 Å². The van der Waals surface area contributed by atoms with E-state index in [0.29, 0.717) is 37.6 Å². The summed E-state index contributed by atoms with van der Waals surface area (Å²) in [4.78, 5) is 2.47. The Balaban J connectivity index is 1.97. The molecule has 2 rings (SSSR count). The smallest absolute Gasteiger partial charge is 0.243 e. The van der Waals surface area contributed by atoms with Crippen LogP contribution in [0.15, 0.2) is 35.2 Å². The largest absolute Gasteiger partial charge is 0.392 e. The van der Waals surface area contributed by atoms with E-state index < -0.39 is 10.0 Å². The number of rotatable bonds is 5. The van der Waals surface area contributed by atoms with Crippen LogP contribution in [0.5, 0.6) is 0 Å². The molecule has 1 aliphatic rings. The molecular formula is C14H22N2O3S. The molecule has 1 aromatic rings. The predicted molar refractivity (Wildman–Crippen MR) is 77.9 cm³/mol. The second-order valence-corrected chi connectivity index (χ2v) is 7.02. The molecule has 1 aliphatic heterocycles. The van der Waals surface area contributed by atoms with Gasteiger partial charge in [0, 0.05) is 32.7 Å². The lowest BCUT2D eigenvalue weighted by molar-refractivity contribution is 0.0896. The van der Waals surface area contributed by atoms with Gasteiger partial charge in [-0.1, -0.05) is 25.1 Å². The van der Waals surface area contributed by atoms with Crippen molar-refractivity contribution in [2.45, 2.75) is 24.3 Å². The molecule has 1 heterocycles. The summed E-state index contributed by atoms with van der Waals surface area (Å²) >= 11 is 0. The highest BCUT2D eigenvalue weighted by atomic mass is 32.2. The van der Waals surface area contributed by atoms with Crippen molar-refractivity contribution < 1.29 is 13.5 Å². The highest BCUT2D eigenvalue weighted by Crippen LogP contribution is 2.17. The monoisotopic (exact) mass is 298 g/mol. The fourth-order valence-corrected chi connectivity index (χ4v) is 3.76. The molecule has 1 aromatic carbocycles. The molecule has 0 saturated carbocycles. The minimum atomic E-state index is -3.38. The van der Waals surface area contributed by atoms with Gasteiger partial charge >= 0.3 is 0 Å². The molecule has 112 valence electrons. The molecular weight excluding hydrogens is 276 g/mol. The predicted octanol–water partition coefficient (Wildman–Crippen LogP) is 0.764. The highest BCUT2D eigenvalue weighted by Gasteiger charge is 2.28. The molecule has 0 aromatic heterocycles. The first-order valence-electron chi connectivity index (χ1n) is 6.99. The van der Waals surface area contributed by atoms with E-state index >= 15 is 0 Å². The molecule has 0 amide bonds. The fraction of sp³-hybridized carbons (Fsp3) is 0.571. The van der Waals surface area contributed by atoms with Gasteiger partial charge in [-0.15, -0.1) is 0 Å². The van der Waals surface area contributed by atoms with E-state index in [1.165, 1.54) is 4.31 Å². The lowest BCUT2D eigenvalue weighted by Crippen LogP contribution is -2.50. The summed E-state index contributed by atoms with van der Waals surface area (Å²) in [5.41, 5.74) is 0. The average Bonchev–Trinajstić information content (AvgIpc) is 2.48. The van der Waals surface area contributed by atoms with Crippen LogP contribution in [-0.4, -0.2) is 61.6 Å². The maximum absolute atomic E-state index is 12.4. The van der Waals surface area contributed by atoms with E-state index in [0.717, 1.165) is 6.42 Å². The molecule has 6 heteroatoms. The SMILES string of the molecule is CCC(O)CN1CCN(S(=O)(=O)c2ccccc2)CC1. The Morgan fingerprint density at radius 3 is 2.30 bits per heavy atom. The van der Waals surface area contributed by atoms with Gasteiger partial charge < -0.3 is 5.11 Å². The molecule has 0 spiro atoms. The number of hydrogen-bond donors (Lipinski definition) is 1. The first-order chi connectivity index (χ1) is 9.54. The first kappa shape index (κ1) is 15.4. The van der Waals surface area contributed by atoms with Crippen molar-refractivity contribution in [3.63, 3.8) is 0 Å². The Bertz CT molecular complexity index is 510. The van der Waals surface area contributed by atoms with Gasteiger partial charge in [-0.25, -0.2) is 8.42 Å². The summed E-state index contributed by atoms with van der Waals surface area (Å²) in [6, 6.07) is 8.54. The number of benzene rings is 1. The van der Waals surface area contributed by atoms with Gasteiger partial charge in [0.15, 0.2) is 0 Å². The molecule has 20 heavy (non-hydrogen) atoms. The van der Waals surface area contributed by atoms with Crippen molar-refractivity contribution in [2.24, 2.45) is 0 Å². The van der Waals surface area contributed by atoms with Crippen molar-refractivity contribution in [1.29, 1.82) is 0 Å². The van der Waals surface area contributed by atoms with Crippen molar-refractivity contribution in [3.05, 3.63) is 30.3 Å². The second-order valence-electron chi connectivity index (χ2n) is 5.08. The molecule has 1 unspecified atom stereocenters. The number of hydrogen-bond acceptors (Lipinski definition) is 4. The Labute approximate surface area is 120 Å². The normalized spacial score (nSPS) is 19.9. The van der Waals surface area contributed by atoms with E-state index in [4.69, 9.17) is 0 Å². The molecule has 0 bridgehead atoms. The third kappa shape index (κ3) is 3.58.